The quantitative estimate of drug-likeness (QED) is 0.722. The zero-order valence-electron chi connectivity index (χ0n) is 13.5. The fourth-order valence-corrected chi connectivity index (χ4v) is 2.74. The van der Waals surface area contributed by atoms with Crippen molar-refractivity contribution in [3.8, 4) is 0 Å². The monoisotopic (exact) mass is 342 g/mol. The van der Waals surface area contributed by atoms with Gasteiger partial charge in [0.2, 0.25) is 15.9 Å². The molecule has 1 aromatic rings. The van der Waals surface area contributed by atoms with Crippen LogP contribution in [0.2, 0.25) is 0 Å². The Morgan fingerprint density at radius 1 is 1.17 bits per heavy atom. The van der Waals surface area contributed by atoms with Crippen LogP contribution in [0, 0.1) is 0 Å². The average molecular weight is 342 g/mol. The van der Waals surface area contributed by atoms with Gasteiger partial charge in [0.05, 0.1) is 25.0 Å². The third-order valence-electron chi connectivity index (χ3n) is 2.94. The molecule has 128 valence electrons. The van der Waals surface area contributed by atoms with Gasteiger partial charge in [0.25, 0.3) is 0 Å². The number of rotatable bonds is 8. The molecule has 0 aliphatic carbocycles. The molecule has 0 aliphatic rings. The zero-order chi connectivity index (χ0) is 17.5. The molecule has 0 heterocycles. The molecule has 0 saturated carbocycles. The molecule has 0 saturated heterocycles. The number of nitrogens with one attached hydrogen (secondary N) is 1. The van der Waals surface area contributed by atoms with Crippen molar-refractivity contribution in [3.63, 3.8) is 0 Å². The zero-order valence-corrected chi connectivity index (χ0v) is 14.4. The first-order chi connectivity index (χ1) is 10.8. The van der Waals surface area contributed by atoms with Gasteiger partial charge in [-0.2, -0.15) is 4.31 Å². The van der Waals surface area contributed by atoms with Crippen molar-refractivity contribution in [2.24, 2.45) is 0 Å². The predicted octanol–water partition coefficient (Wildman–Crippen LogP) is 1.47. The van der Waals surface area contributed by atoms with Gasteiger partial charge in [-0.1, -0.05) is 6.92 Å². The Morgan fingerprint density at radius 3 is 2.26 bits per heavy atom. The lowest BCUT2D eigenvalue weighted by molar-refractivity contribution is -0.116. The Balaban J connectivity index is 2.68. The van der Waals surface area contributed by atoms with Gasteiger partial charge in [-0.05, 0) is 37.6 Å². The third kappa shape index (κ3) is 6.37. The topological polar surface area (TPSA) is 92.8 Å². The molecule has 0 bridgehead atoms. The largest absolute Gasteiger partial charge is 0.462 e. The number of hydrogen-bond donors (Lipinski definition) is 1. The molecule has 7 nitrogen and oxygen atoms in total. The molecule has 8 heteroatoms. The molecule has 0 fully saturated rings. The summed E-state index contributed by atoms with van der Waals surface area (Å²) in [5.74, 6) is -0.871. The summed E-state index contributed by atoms with van der Waals surface area (Å²) in [4.78, 5) is 23.5. The molecule has 1 N–H and O–H groups in total. The minimum Gasteiger partial charge on any atom is -0.462 e. The summed E-state index contributed by atoms with van der Waals surface area (Å²) in [5.41, 5.74) is 0.863. The van der Waals surface area contributed by atoms with Gasteiger partial charge in [-0.3, -0.25) is 4.79 Å². The molecule has 0 spiro atoms. The molecule has 1 amide bonds. The highest BCUT2D eigenvalue weighted by atomic mass is 32.2. The first kappa shape index (κ1) is 19.1. The summed E-state index contributed by atoms with van der Waals surface area (Å²) >= 11 is 0. The summed E-state index contributed by atoms with van der Waals surface area (Å²) in [5, 5.41) is 2.60. The van der Waals surface area contributed by atoms with Crippen LogP contribution in [0.3, 0.4) is 0 Å². The Morgan fingerprint density at radius 2 is 1.78 bits per heavy atom. The Hall–Kier alpha value is -1.93. The molecule has 23 heavy (non-hydrogen) atoms. The number of hydrogen-bond acceptors (Lipinski definition) is 5. The summed E-state index contributed by atoms with van der Waals surface area (Å²) < 4.78 is 29.2. The van der Waals surface area contributed by atoms with Crippen LogP contribution in [-0.2, 0) is 19.6 Å². The van der Waals surface area contributed by atoms with Crippen LogP contribution in [0.25, 0.3) is 0 Å². The van der Waals surface area contributed by atoms with E-state index in [9.17, 15) is 18.0 Å². The molecule has 0 aromatic heterocycles. The lowest BCUT2D eigenvalue weighted by Crippen LogP contribution is -2.37. The van der Waals surface area contributed by atoms with Crippen molar-refractivity contribution in [2.45, 2.75) is 20.3 Å². The number of benzene rings is 1. The van der Waals surface area contributed by atoms with Gasteiger partial charge in [0.1, 0.15) is 0 Å². The lowest BCUT2D eigenvalue weighted by Gasteiger charge is -2.18. The van der Waals surface area contributed by atoms with Gasteiger partial charge in [0, 0.05) is 12.2 Å². The highest BCUT2D eigenvalue weighted by Gasteiger charge is 2.19. The van der Waals surface area contributed by atoms with E-state index in [1.54, 1.807) is 19.1 Å². The third-order valence-corrected chi connectivity index (χ3v) is 4.19. The van der Waals surface area contributed by atoms with Gasteiger partial charge >= 0.3 is 5.97 Å². The first-order valence-electron chi connectivity index (χ1n) is 7.30. The van der Waals surface area contributed by atoms with Crippen molar-refractivity contribution < 1.29 is 22.7 Å². The van der Waals surface area contributed by atoms with E-state index in [2.05, 4.69) is 5.32 Å². The van der Waals surface area contributed by atoms with E-state index in [-0.39, 0.29) is 19.7 Å². The van der Waals surface area contributed by atoms with Crippen LogP contribution in [0.4, 0.5) is 5.69 Å². The highest BCUT2D eigenvalue weighted by molar-refractivity contribution is 7.88. The number of carbonyl (C=O) groups excluding carboxylic acids is 2. The van der Waals surface area contributed by atoms with E-state index in [0.717, 1.165) is 10.6 Å². The Kier molecular flexibility index (Phi) is 7.18. The first-order valence-corrected chi connectivity index (χ1v) is 9.15. The Bertz CT molecular complexity index is 640. The van der Waals surface area contributed by atoms with Crippen molar-refractivity contribution in [3.05, 3.63) is 29.8 Å². The second kappa shape index (κ2) is 8.64. The number of anilines is 1. The van der Waals surface area contributed by atoms with Crippen molar-refractivity contribution in [2.75, 3.05) is 31.3 Å². The number of carbonyl (C=O) groups is 2. The number of amides is 1. The van der Waals surface area contributed by atoms with Crippen molar-refractivity contribution in [1.29, 1.82) is 0 Å². The molecule has 1 rings (SSSR count). The molecular weight excluding hydrogens is 320 g/mol. The standard InChI is InChI=1S/C15H22N2O5S/c1-4-10-17(23(3,20)21)11-14(18)16-13-8-6-12(7-9-13)15(19)22-5-2/h6-9H,4-5,10-11H2,1-3H3,(H,16,18). The average Bonchev–Trinajstić information content (AvgIpc) is 2.47. The van der Waals surface area contributed by atoms with E-state index in [1.165, 1.54) is 12.1 Å². The number of sulfonamides is 1. The van der Waals surface area contributed by atoms with Crippen molar-refractivity contribution in [1.82, 2.24) is 4.31 Å². The van der Waals surface area contributed by atoms with Crippen LogP contribution < -0.4 is 5.32 Å². The SMILES string of the molecule is CCCN(CC(=O)Nc1ccc(C(=O)OCC)cc1)S(C)(=O)=O. The fraction of sp³-hybridized carbons (Fsp3) is 0.467. The molecule has 0 atom stereocenters. The minimum atomic E-state index is -3.43. The summed E-state index contributed by atoms with van der Waals surface area (Å²) in [6.45, 7) is 3.89. The maximum absolute atomic E-state index is 12.0. The molecule has 0 unspecified atom stereocenters. The summed E-state index contributed by atoms with van der Waals surface area (Å²) in [7, 11) is -3.43. The predicted molar refractivity (Wildman–Crippen MR) is 87.7 cm³/mol. The lowest BCUT2D eigenvalue weighted by atomic mass is 10.2. The van der Waals surface area contributed by atoms with E-state index in [1.807, 2.05) is 6.92 Å². The molecular formula is C15H22N2O5S. The van der Waals surface area contributed by atoms with E-state index >= 15 is 0 Å². The number of ether oxygens (including phenoxy) is 1. The van der Waals surface area contributed by atoms with Crippen LogP contribution in [0.1, 0.15) is 30.6 Å². The van der Waals surface area contributed by atoms with E-state index in [4.69, 9.17) is 4.74 Å². The fourth-order valence-electron chi connectivity index (χ4n) is 1.88. The van der Waals surface area contributed by atoms with Gasteiger partial charge in [0.15, 0.2) is 0 Å². The van der Waals surface area contributed by atoms with E-state index < -0.39 is 21.9 Å². The molecule has 0 radical (unpaired) electrons. The summed E-state index contributed by atoms with van der Waals surface area (Å²) in [6.07, 6.45) is 1.69. The number of nitrogens with zero attached hydrogens (tertiary/aromatic N) is 1. The minimum absolute atomic E-state index is 0.244. The maximum Gasteiger partial charge on any atom is 0.338 e. The second-order valence-corrected chi connectivity index (χ2v) is 6.92. The normalized spacial score (nSPS) is 11.3. The van der Waals surface area contributed by atoms with Gasteiger partial charge in [-0.25, -0.2) is 13.2 Å². The Labute approximate surface area is 136 Å². The highest BCUT2D eigenvalue weighted by Crippen LogP contribution is 2.11. The number of esters is 1. The van der Waals surface area contributed by atoms with Crippen LogP contribution in [0.5, 0.6) is 0 Å². The van der Waals surface area contributed by atoms with Gasteiger partial charge in [-0.15, -0.1) is 0 Å². The van der Waals surface area contributed by atoms with Crippen LogP contribution in [0.15, 0.2) is 24.3 Å². The van der Waals surface area contributed by atoms with Crippen molar-refractivity contribution >= 4 is 27.6 Å². The van der Waals surface area contributed by atoms with Crippen LogP contribution >= 0.6 is 0 Å². The van der Waals surface area contributed by atoms with Crippen LogP contribution in [-0.4, -0.2) is 50.6 Å². The van der Waals surface area contributed by atoms with E-state index in [0.29, 0.717) is 17.7 Å². The summed E-state index contributed by atoms with van der Waals surface area (Å²) in [6, 6.07) is 6.20. The smallest absolute Gasteiger partial charge is 0.338 e. The second-order valence-electron chi connectivity index (χ2n) is 4.94. The molecule has 1 aromatic carbocycles. The molecule has 0 aliphatic heterocycles. The maximum atomic E-state index is 12.0. The van der Waals surface area contributed by atoms with Gasteiger partial charge < -0.3 is 10.1 Å².